The smallest absolute Gasteiger partial charge is 0.243 e. The first kappa shape index (κ1) is 24.4. The molecule has 1 amide bonds. The molecule has 0 aromatic carbocycles. The van der Waals surface area contributed by atoms with E-state index in [4.69, 9.17) is 4.74 Å². The molecule has 0 aromatic heterocycles. The van der Waals surface area contributed by atoms with Gasteiger partial charge in [0.25, 0.3) is 0 Å². The molecule has 0 aromatic rings. The first-order chi connectivity index (χ1) is 14.6. The van der Waals surface area contributed by atoms with Crippen molar-refractivity contribution in [3.05, 3.63) is 22.1 Å². The van der Waals surface area contributed by atoms with Crippen LogP contribution in [0.15, 0.2) is 22.1 Å². The number of allylic oxidation sites excluding steroid dienone is 1. The summed E-state index contributed by atoms with van der Waals surface area (Å²) >= 11 is 0. The normalized spacial score (nSPS) is 28.4. The van der Waals surface area contributed by atoms with Gasteiger partial charge in [-0.2, -0.15) is 0 Å². The molecule has 31 heavy (non-hydrogen) atoms. The van der Waals surface area contributed by atoms with E-state index in [1.54, 1.807) is 14.2 Å². The van der Waals surface area contributed by atoms with E-state index in [1.807, 2.05) is 31.7 Å². The number of sulfonamides is 1. The van der Waals surface area contributed by atoms with Crippen molar-refractivity contribution in [2.24, 2.45) is 0 Å². The Morgan fingerprint density at radius 3 is 2.58 bits per heavy atom. The molecule has 3 rings (SSSR count). The molecule has 2 fully saturated rings. The van der Waals surface area contributed by atoms with Crippen LogP contribution in [0.3, 0.4) is 0 Å². The Labute approximate surface area is 187 Å². The number of nitrogens with zero attached hydrogens (tertiary/aromatic N) is 3. The van der Waals surface area contributed by atoms with Crippen molar-refractivity contribution in [2.45, 2.75) is 51.7 Å². The molecular formula is C22H38N4O4S. The number of hydrogen-bond donors (Lipinski definition) is 1. The van der Waals surface area contributed by atoms with Gasteiger partial charge in [-0.1, -0.05) is 0 Å². The highest BCUT2D eigenvalue weighted by atomic mass is 32.2. The lowest BCUT2D eigenvalue weighted by molar-refractivity contribution is -0.130. The van der Waals surface area contributed by atoms with Crippen molar-refractivity contribution in [3.63, 3.8) is 0 Å². The number of piperazine rings is 1. The molecule has 2 heterocycles. The molecule has 8 nitrogen and oxygen atoms in total. The number of carbonyl (C=O) groups is 1. The van der Waals surface area contributed by atoms with Gasteiger partial charge in [-0.3, -0.25) is 9.69 Å². The number of methoxy groups -OCH3 is 1. The fraction of sp³-hybridized carbons (Fsp3) is 0.773. The average Bonchev–Trinajstić information content (AvgIpc) is 3.22. The Morgan fingerprint density at radius 2 is 1.97 bits per heavy atom. The summed E-state index contributed by atoms with van der Waals surface area (Å²) in [5, 5.41) is 3.36. The zero-order valence-electron chi connectivity index (χ0n) is 19.6. The van der Waals surface area contributed by atoms with Crippen LogP contribution in [0.4, 0.5) is 0 Å². The van der Waals surface area contributed by atoms with Gasteiger partial charge in [-0.15, -0.1) is 0 Å². The van der Waals surface area contributed by atoms with Crippen LogP contribution >= 0.6 is 0 Å². The molecule has 1 aliphatic carbocycles. The monoisotopic (exact) mass is 454 g/mol. The fourth-order valence-electron chi connectivity index (χ4n) is 5.07. The molecule has 2 saturated heterocycles. The van der Waals surface area contributed by atoms with Crippen molar-refractivity contribution in [1.82, 2.24) is 19.4 Å². The van der Waals surface area contributed by atoms with Gasteiger partial charge in [-0.25, -0.2) is 12.7 Å². The maximum Gasteiger partial charge on any atom is 0.243 e. The first-order valence-corrected chi connectivity index (χ1v) is 12.6. The summed E-state index contributed by atoms with van der Waals surface area (Å²) in [5.41, 5.74) is 1.00. The third-order valence-corrected chi connectivity index (χ3v) is 9.03. The van der Waals surface area contributed by atoms with Gasteiger partial charge < -0.3 is 15.0 Å². The van der Waals surface area contributed by atoms with Gasteiger partial charge in [-0.05, 0) is 44.4 Å². The molecule has 3 aliphatic rings. The van der Waals surface area contributed by atoms with Gasteiger partial charge in [0.1, 0.15) is 0 Å². The number of hydrogen-bond acceptors (Lipinski definition) is 6. The number of nitrogens with one attached hydrogen (secondary N) is 1. The van der Waals surface area contributed by atoms with Crippen LogP contribution in [-0.2, 0) is 19.6 Å². The number of carbonyl (C=O) groups excluding carboxylic acids is 1. The van der Waals surface area contributed by atoms with Gasteiger partial charge in [0.15, 0.2) is 0 Å². The molecular weight excluding hydrogens is 416 g/mol. The Bertz CT molecular complexity index is 848. The summed E-state index contributed by atoms with van der Waals surface area (Å²) in [6.07, 6.45) is 3.61. The van der Waals surface area contributed by atoms with Crippen molar-refractivity contribution in [3.8, 4) is 0 Å². The van der Waals surface area contributed by atoms with E-state index in [2.05, 4.69) is 10.2 Å². The molecule has 0 bridgehead atoms. The molecule has 0 saturated carbocycles. The van der Waals surface area contributed by atoms with Crippen LogP contribution in [0.1, 0.15) is 40.0 Å². The second-order valence-corrected chi connectivity index (χ2v) is 11.3. The van der Waals surface area contributed by atoms with E-state index in [0.29, 0.717) is 22.9 Å². The summed E-state index contributed by atoms with van der Waals surface area (Å²) in [5.74, 6) is 0.0354. The molecule has 176 valence electrons. The van der Waals surface area contributed by atoms with Crippen LogP contribution in [-0.4, -0.2) is 100 Å². The van der Waals surface area contributed by atoms with Gasteiger partial charge in [0.2, 0.25) is 15.9 Å². The van der Waals surface area contributed by atoms with E-state index < -0.39 is 15.6 Å². The minimum atomic E-state index is -3.66. The standard InChI is InChI=1S/C22H38N4O4S/c1-17-14-22(3,30-5)15-18(2)21(17)31(28,29)24(4)10-7-20(27)26-11-6-19(16-26)25-12-8-23-9-13-25/h14,19,23H,6-13,15-16H2,1-5H3. The number of amides is 1. The van der Waals surface area contributed by atoms with E-state index in [9.17, 15) is 13.2 Å². The largest absolute Gasteiger partial charge is 0.374 e. The minimum absolute atomic E-state index is 0.0354. The Kier molecular flexibility index (Phi) is 7.63. The second-order valence-electron chi connectivity index (χ2n) is 9.28. The van der Waals surface area contributed by atoms with Crippen molar-refractivity contribution in [2.75, 3.05) is 60.0 Å². The SMILES string of the molecule is COC1(C)C=C(C)C(S(=O)(=O)N(C)CCC(=O)N2CCC(N3CCNCC3)C2)=C(C)C1. The van der Waals surface area contributed by atoms with Crippen LogP contribution in [0.2, 0.25) is 0 Å². The Morgan fingerprint density at radius 1 is 1.29 bits per heavy atom. The summed E-state index contributed by atoms with van der Waals surface area (Å²) in [7, 11) is -0.461. The van der Waals surface area contributed by atoms with E-state index in [-0.39, 0.29) is 18.9 Å². The van der Waals surface area contributed by atoms with Crippen LogP contribution < -0.4 is 5.32 Å². The Hall–Kier alpha value is -1.26. The number of likely N-dealkylation sites (tertiary alicyclic amines) is 1. The average molecular weight is 455 g/mol. The zero-order valence-corrected chi connectivity index (χ0v) is 20.4. The van der Waals surface area contributed by atoms with E-state index in [0.717, 1.165) is 51.3 Å². The summed E-state index contributed by atoms with van der Waals surface area (Å²) in [6, 6.07) is 0.422. The third-order valence-electron chi connectivity index (χ3n) is 6.84. The lowest BCUT2D eigenvalue weighted by Crippen LogP contribution is -2.49. The molecule has 2 unspecified atom stereocenters. The quantitative estimate of drug-likeness (QED) is 0.622. The minimum Gasteiger partial charge on any atom is -0.374 e. The van der Waals surface area contributed by atoms with Crippen LogP contribution in [0, 0.1) is 0 Å². The summed E-state index contributed by atoms with van der Waals surface area (Å²) in [4.78, 5) is 17.5. The molecule has 0 spiro atoms. The summed E-state index contributed by atoms with van der Waals surface area (Å²) < 4.78 is 33.4. The van der Waals surface area contributed by atoms with Gasteiger partial charge in [0.05, 0.1) is 10.5 Å². The molecule has 9 heteroatoms. The molecule has 1 N–H and O–H groups in total. The first-order valence-electron chi connectivity index (χ1n) is 11.2. The van der Waals surface area contributed by atoms with Crippen molar-refractivity contribution < 1.29 is 17.9 Å². The predicted octanol–water partition coefficient (Wildman–Crippen LogP) is 1.17. The lowest BCUT2D eigenvalue weighted by Gasteiger charge is -2.33. The van der Waals surface area contributed by atoms with Crippen LogP contribution in [0.5, 0.6) is 0 Å². The van der Waals surface area contributed by atoms with E-state index in [1.165, 1.54) is 4.31 Å². The number of ether oxygens (including phenoxy) is 1. The zero-order chi connectivity index (χ0) is 22.8. The molecule has 2 atom stereocenters. The highest BCUT2D eigenvalue weighted by Crippen LogP contribution is 2.36. The lowest BCUT2D eigenvalue weighted by atomic mass is 9.89. The third kappa shape index (κ3) is 5.39. The van der Waals surface area contributed by atoms with Gasteiger partial charge in [0, 0.05) is 78.9 Å². The summed E-state index contributed by atoms with van der Waals surface area (Å²) in [6.45, 7) is 11.3. The fourth-order valence-corrected chi connectivity index (χ4v) is 6.70. The molecule has 0 radical (unpaired) electrons. The van der Waals surface area contributed by atoms with Crippen molar-refractivity contribution >= 4 is 15.9 Å². The maximum atomic E-state index is 13.2. The van der Waals surface area contributed by atoms with Crippen LogP contribution in [0.25, 0.3) is 0 Å². The predicted molar refractivity (Wildman–Crippen MR) is 122 cm³/mol. The maximum absolute atomic E-state index is 13.2. The topological polar surface area (TPSA) is 82.2 Å². The van der Waals surface area contributed by atoms with Gasteiger partial charge >= 0.3 is 0 Å². The molecule has 2 aliphatic heterocycles. The second kappa shape index (κ2) is 9.70. The highest BCUT2D eigenvalue weighted by molar-refractivity contribution is 7.93. The van der Waals surface area contributed by atoms with E-state index >= 15 is 0 Å². The van der Waals surface area contributed by atoms with Crippen molar-refractivity contribution in [1.29, 1.82) is 0 Å². The highest BCUT2D eigenvalue weighted by Gasteiger charge is 2.36. The number of rotatable bonds is 7. The Balaban J connectivity index is 1.57.